The number of hydrogen-bond acceptors (Lipinski definition) is 2. The van der Waals surface area contributed by atoms with E-state index in [1.807, 2.05) is 0 Å². The van der Waals surface area contributed by atoms with Gasteiger partial charge in [-0.3, -0.25) is 4.79 Å². The first kappa shape index (κ1) is 15.5. The van der Waals surface area contributed by atoms with Gasteiger partial charge in [0.15, 0.2) is 0 Å². The summed E-state index contributed by atoms with van der Waals surface area (Å²) in [4.78, 5) is 14.9. The Morgan fingerprint density at radius 3 is 2.67 bits per heavy atom. The van der Waals surface area contributed by atoms with Crippen LogP contribution in [0.5, 0.6) is 0 Å². The number of amides is 1. The fraction of sp³-hybridized carbons (Fsp3) is 0.933. The Morgan fingerprint density at radius 2 is 2.17 bits per heavy atom. The van der Waals surface area contributed by atoms with Crippen molar-refractivity contribution in [2.24, 2.45) is 5.41 Å². The molecule has 0 bridgehead atoms. The molecule has 0 spiro atoms. The van der Waals surface area contributed by atoms with E-state index in [2.05, 4.69) is 37.9 Å². The lowest BCUT2D eigenvalue weighted by molar-refractivity contribution is -0.144. The number of hydrogen-bond donors (Lipinski definition) is 1. The molecule has 0 aliphatic carbocycles. The number of carbonyl (C=O) groups excluding carboxylic acids is 1. The highest BCUT2D eigenvalue weighted by atomic mass is 16.2. The number of rotatable bonds is 6. The van der Waals surface area contributed by atoms with Gasteiger partial charge in [0.25, 0.3) is 0 Å². The lowest BCUT2D eigenvalue weighted by Crippen LogP contribution is -2.52. The zero-order valence-electron chi connectivity index (χ0n) is 12.6. The van der Waals surface area contributed by atoms with Gasteiger partial charge in [0.1, 0.15) is 0 Å². The van der Waals surface area contributed by atoms with Gasteiger partial charge in [-0.25, -0.2) is 0 Å². The van der Waals surface area contributed by atoms with E-state index in [-0.39, 0.29) is 5.41 Å². The average molecular weight is 254 g/mol. The molecular formula is C15H30N2O. The van der Waals surface area contributed by atoms with Gasteiger partial charge >= 0.3 is 0 Å². The van der Waals surface area contributed by atoms with E-state index in [0.717, 1.165) is 51.7 Å². The molecule has 106 valence electrons. The number of nitrogens with one attached hydrogen (secondary N) is 1. The zero-order valence-corrected chi connectivity index (χ0v) is 12.6. The van der Waals surface area contributed by atoms with Crippen molar-refractivity contribution in [2.45, 2.75) is 65.8 Å². The van der Waals surface area contributed by atoms with Gasteiger partial charge in [-0.05, 0) is 46.1 Å². The number of unbranched alkanes of at least 4 members (excludes halogenated alkanes) is 1. The summed E-state index contributed by atoms with van der Waals surface area (Å²) in [6.45, 7) is 11.5. The van der Waals surface area contributed by atoms with E-state index in [1.165, 1.54) is 0 Å². The fourth-order valence-electron chi connectivity index (χ4n) is 2.66. The Bertz CT molecular complexity index is 259. The van der Waals surface area contributed by atoms with E-state index in [9.17, 15) is 4.79 Å². The quantitative estimate of drug-likeness (QED) is 0.790. The van der Waals surface area contributed by atoms with Gasteiger partial charge < -0.3 is 10.2 Å². The molecule has 0 aromatic carbocycles. The van der Waals surface area contributed by atoms with Gasteiger partial charge in [-0.15, -0.1) is 0 Å². The maximum absolute atomic E-state index is 12.8. The van der Waals surface area contributed by atoms with Crippen molar-refractivity contribution in [3.63, 3.8) is 0 Å². The van der Waals surface area contributed by atoms with Gasteiger partial charge in [0, 0.05) is 19.1 Å². The summed E-state index contributed by atoms with van der Waals surface area (Å²) in [5.41, 5.74) is -0.185. The normalized spacial score (nSPS) is 25.8. The van der Waals surface area contributed by atoms with Crippen LogP contribution in [0, 0.1) is 5.41 Å². The van der Waals surface area contributed by atoms with Crippen molar-refractivity contribution in [1.82, 2.24) is 10.2 Å². The van der Waals surface area contributed by atoms with Crippen molar-refractivity contribution in [2.75, 3.05) is 19.6 Å². The highest BCUT2D eigenvalue weighted by Crippen LogP contribution is 2.29. The Labute approximate surface area is 112 Å². The Hall–Kier alpha value is -0.570. The van der Waals surface area contributed by atoms with Crippen molar-refractivity contribution >= 4 is 5.91 Å². The minimum Gasteiger partial charge on any atom is -0.339 e. The molecule has 3 heteroatoms. The highest BCUT2D eigenvalue weighted by molar-refractivity contribution is 5.83. The molecule has 0 aromatic heterocycles. The maximum Gasteiger partial charge on any atom is 0.230 e. The van der Waals surface area contributed by atoms with E-state index < -0.39 is 0 Å². The summed E-state index contributed by atoms with van der Waals surface area (Å²) in [6.07, 6.45) is 5.44. The van der Waals surface area contributed by atoms with Crippen molar-refractivity contribution < 1.29 is 4.79 Å². The predicted molar refractivity (Wildman–Crippen MR) is 76.6 cm³/mol. The van der Waals surface area contributed by atoms with Gasteiger partial charge in [-0.2, -0.15) is 0 Å². The molecule has 1 N–H and O–H groups in total. The van der Waals surface area contributed by atoms with Crippen molar-refractivity contribution in [3.05, 3.63) is 0 Å². The second kappa shape index (κ2) is 7.13. The van der Waals surface area contributed by atoms with E-state index >= 15 is 0 Å². The zero-order chi connectivity index (χ0) is 13.6. The molecule has 2 atom stereocenters. The van der Waals surface area contributed by atoms with Crippen LogP contribution in [0.25, 0.3) is 0 Å². The predicted octanol–water partition coefficient (Wildman–Crippen LogP) is 2.80. The fourth-order valence-corrected chi connectivity index (χ4v) is 2.66. The Balaban J connectivity index is 2.73. The molecular weight excluding hydrogens is 224 g/mol. The first-order chi connectivity index (χ1) is 8.55. The molecule has 1 aliphatic rings. The molecule has 0 saturated carbocycles. The van der Waals surface area contributed by atoms with E-state index in [4.69, 9.17) is 0 Å². The molecule has 1 amide bonds. The lowest BCUT2D eigenvalue weighted by atomic mass is 9.81. The third-order valence-electron chi connectivity index (χ3n) is 4.25. The molecule has 2 unspecified atom stereocenters. The monoisotopic (exact) mass is 254 g/mol. The summed E-state index contributed by atoms with van der Waals surface area (Å²) < 4.78 is 0. The van der Waals surface area contributed by atoms with Crippen LogP contribution in [0.3, 0.4) is 0 Å². The van der Waals surface area contributed by atoms with E-state index in [0.29, 0.717) is 11.9 Å². The Morgan fingerprint density at radius 1 is 1.44 bits per heavy atom. The standard InChI is InChI=1S/C15H30N2O/c1-5-7-11-17(13(3)6-2)14(18)15(4)9-8-10-16-12-15/h13,16H,5-12H2,1-4H3. The van der Waals surface area contributed by atoms with Gasteiger partial charge in [0.05, 0.1) is 5.41 Å². The third kappa shape index (κ3) is 3.71. The van der Waals surface area contributed by atoms with Gasteiger partial charge in [-0.1, -0.05) is 20.3 Å². The minimum atomic E-state index is -0.185. The smallest absolute Gasteiger partial charge is 0.230 e. The molecule has 1 rings (SSSR count). The van der Waals surface area contributed by atoms with Crippen LogP contribution in [0.1, 0.15) is 59.8 Å². The second-order valence-electron chi connectivity index (χ2n) is 5.95. The molecule has 3 nitrogen and oxygen atoms in total. The molecule has 1 fully saturated rings. The summed E-state index contributed by atoms with van der Waals surface area (Å²) in [6, 6.07) is 0.364. The summed E-state index contributed by atoms with van der Waals surface area (Å²) in [7, 11) is 0. The second-order valence-corrected chi connectivity index (χ2v) is 5.95. The summed E-state index contributed by atoms with van der Waals surface area (Å²) in [5.74, 6) is 0.359. The first-order valence-electron chi connectivity index (χ1n) is 7.57. The van der Waals surface area contributed by atoms with Crippen LogP contribution in [-0.2, 0) is 4.79 Å². The van der Waals surface area contributed by atoms with Crippen molar-refractivity contribution in [1.29, 1.82) is 0 Å². The van der Waals surface area contributed by atoms with Crippen LogP contribution >= 0.6 is 0 Å². The number of nitrogens with zero attached hydrogens (tertiary/aromatic N) is 1. The molecule has 0 radical (unpaired) electrons. The molecule has 0 aromatic rings. The van der Waals surface area contributed by atoms with Crippen LogP contribution in [-0.4, -0.2) is 36.5 Å². The summed E-state index contributed by atoms with van der Waals surface area (Å²) in [5, 5.41) is 3.38. The van der Waals surface area contributed by atoms with Crippen LogP contribution in [0.15, 0.2) is 0 Å². The van der Waals surface area contributed by atoms with Gasteiger partial charge in [0.2, 0.25) is 5.91 Å². The average Bonchev–Trinajstić information content (AvgIpc) is 2.39. The van der Waals surface area contributed by atoms with Crippen LogP contribution in [0.4, 0.5) is 0 Å². The molecule has 1 aliphatic heterocycles. The third-order valence-corrected chi connectivity index (χ3v) is 4.25. The maximum atomic E-state index is 12.8. The van der Waals surface area contributed by atoms with E-state index in [1.54, 1.807) is 0 Å². The van der Waals surface area contributed by atoms with Crippen LogP contribution < -0.4 is 5.32 Å². The molecule has 1 heterocycles. The molecule has 1 saturated heterocycles. The Kier molecular flexibility index (Phi) is 6.13. The topological polar surface area (TPSA) is 32.3 Å². The highest BCUT2D eigenvalue weighted by Gasteiger charge is 2.38. The molecule has 18 heavy (non-hydrogen) atoms. The lowest BCUT2D eigenvalue weighted by Gasteiger charge is -2.40. The number of carbonyl (C=O) groups is 1. The largest absolute Gasteiger partial charge is 0.339 e. The first-order valence-corrected chi connectivity index (χ1v) is 7.57. The summed E-state index contributed by atoms with van der Waals surface area (Å²) >= 11 is 0. The number of piperidine rings is 1. The minimum absolute atomic E-state index is 0.185. The van der Waals surface area contributed by atoms with Crippen LogP contribution in [0.2, 0.25) is 0 Å². The van der Waals surface area contributed by atoms with Crippen molar-refractivity contribution in [3.8, 4) is 0 Å². The SMILES string of the molecule is CCCCN(C(=O)C1(C)CCCNC1)C(C)CC.